The summed E-state index contributed by atoms with van der Waals surface area (Å²) < 4.78 is 1.93. The largest absolute Gasteiger partial charge is 0.324 e. The van der Waals surface area contributed by atoms with Gasteiger partial charge in [-0.2, -0.15) is 11.3 Å². The zero-order chi connectivity index (χ0) is 17.1. The summed E-state index contributed by atoms with van der Waals surface area (Å²) in [7, 11) is 0. The van der Waals surface area contributed by atoms with Crippen molar-refractivity contribution < 1.29 is 4.79 Å². The topological polar surface area (TPSA) is 63.1 Å². The summed E-state index contributed by atoms with van der Waals surface area (Å²) in [5, 5.41) is 18.5. The molecule has 3 aromatic heterocycles. The van der Waals surface area contributed by atoms with Crippen LogP contribution in [0, 0.1) is 5.92 Å². The summed E-state index contributed by atoms with van der Waals surface area (Å²) in [6.07, 6.45) is 3.99. The summed E-state index contributed by atoms with van der Waals surface area (Å²) >= 11 is 3.21. The maximum atomic E-state index is 12.3. The van der Waals surface area contributed by atoms with Gasteiger partial charge in [-0.05, 0) is 47.7 Å². The van der Waals surface area contributed by atoms with Crippen LogP contribution in [-0.2, 0) is 6.54 Å². The lowest BCUT2D eigenvalue weighted by molar-refractivity contribution is 0.175. The van der Waals surface area contributed by atoms with Crippen LogP contribution in [-0.4, -0.2) is 39.0 Å². The molecule has 0 spiro atoms. The normalized spacial score (nSPS) is 15.4. The van der Waals surface area contributed by atoms with Crippen LogP contribution in [0.3, 0.4) is 0 Å². The molecule has 0 atom stereocenters. The molecule has 6 nitrogen and oxygen atoms in total. The summed E-state index contributed by atoms with van der Waals surface area (Å²) in [5.74, 6) is 0.530. The molecule has 0 aromatic carbocycles. The fourth-order valence-corrected chi connectivity index (χ4v) is 4.30. The van der Waals surface area contributed by atoms with Crippen LogP contribution in [0.2, 0.25) is 0 Å². The van der Waals surface area contributed by atoms with Gasteiger partial charge >= 0.3 is 6.03 Å². The summed E-state index contributed by atoms with van der Waals surface area (Å²) in [4.78, 5) is 14.2. The van der Waals surface area contributed by atoms with Gasteiger partial charge in [0.2, 0.25) is 0 Å². The highest BCUT2D eigenvalue weighted by molar-refractivity contribution is 7.14. The van der Waals surface area contributed by atoms with Crippen LogP contribution >= 0.6 is 22.7 Å². The number of hydrogen-bond donors (Lipinski definition) is 1. The van der Waals surface area contributed by atoms with E-state index < -0.39 is 0 Å². The van der Waals surface area contributed by atoms with E-state index >= 15 is 0 Å². The molecule has 8 heteroatoms. The SMILES string of the molecule is O=C(Nc1cccs1)N1CCC(Cn2cc(-c3ccsc3)nn2)CC1. The molecular formula is C17H19N5OS2. The monoisotopic (exact) mass is 373 g/mol. The maximum absolute atomic E-state index is 12.3. The zero-order valence-corrected chi connectivity index (χ0v) is 15.3. The fraction of sp³-hybridized carbons (Fsp3) is 0.353. The summed E-state index contributed by atoms with van der Waals surface area (Å²) in [6, 6.07) is 5.92. The number of hydrogen-bond acceptors (Lipinski definition) is 5. The third kappa shape index (κ3) is 3.91. The standard InChI is InChI=1S/C17H19N5OS2/c23-17(18-16-2-1-8-25-16)21-6-3-13(4-7-21)10-22-11-15(19-20-22)14-5-9-24-12-14/h1-2,5,8-9,11-13H,3-4,6-7,10H2,(H,18,23). The van der Waals surface area contributed by atoms with Crippen LogP contribution in [0.5, 0.6) is 0 Å². The number of urea groups is 1. The van der Waals surface area contributed by atoms with Crippen molar-refractivity contribution in [2.24, 2.45) is 5.92 Å². The molecule has 0 radical (unpaired) electrons. The highest BCUT2D eigenvalue weighted by Gasteiger charge is 2.23. The van der Waals surface area contributed by atoms with Gasteiger partial charge in [0, 0.05) is 30.6 Å². The molecule has 0 bridgehead atoms. The lowest BCUT2D eigenvalue weighted by Crippen LogP contribution is -2.41. The molecule has 2 amide bonds. The first-order valence-corrected chi connectivity index (χ1v) is 10.1. The van der Waals surface area contributed by atoms with Crippen molar-refractivity contribution in [3.05, 3.63) is 40.5 Å². The van der Waals surface area contributed by atoms with E-state index in [1.165, 1.54) is 0 Å². The van der Waals surface area contributed by atoms with E-state index in [1.54, 1.807) is 22.7 Å². The van der Waals surface area contributed by atoms with Crippen LogP contribution in [0.25, 0.3) is 11.3 Å². The minimum atomic E-state index is 0.00130. The van der Waals surface area contributed by atoms with Crippen molar-refractivity contribution in [2.75, 3.05) is 18.4 Å². The third-order valence-electron chi connectivity index (χ3n) is 4.45. The number of nitrogens with zero attached hydrogens (tertiary/aromatic N) is 4. The number of nitrogens with one attached hydrogen (secondary N) is 1. The first-order valence-electron chi connectivity index (χ1n) is 8.30. The summed E-state index contributed by atoms with van der Waals surface area (Å²) in [6.45, 7) is 2.43. The van der Waals surface area contributed by atoms with Gasteiger partial charge in [-0.25, -0.2) is 4.79 Å². The minimum Gasteiger partial charge on any atom is -0.324 e. The Balaban J connectivity index is 1.28. The number of amides is 2. The fourth-order valence-electron chi connectivity index (χ4n) is 3.05. The number of likely N-dealkylation sites (tertiary alicyclic amines) is 1. The Hall–Kier alpha value is -2.19. The molecule has 1 fully saturated rings. The Kier molecular flexibility index (Phi) is 4.80. The van der Waals surface area contributed by atoms with E-state index in [0.717, 1.165) is 48.7 Å². The van der Waals surface area contributed by atoms with Crippen molar-refractivity contribution in [2.45, 2.75) is 19.4 Å². The van der Waals surface area contributed by atoms with Crippen molar-refractivity contribution in [3.63, 3.8) is 0 Å². The Bertz CT molecular complexity index is 804. The van der Waals surface area contributed by atoms with Gasteiger partial charge < -0.3 is 4.90 Å². The van der Waals surface area contributed by atoms with Gasteiger partial charge in [0.15, 0.2) is 0 Å². The molecule has 3 aromatic rings. The molecule has 1 aliphatic rings. The Morgan fingerprint density at radius 3 is 2.88 bits per heavy atom. The van der Waals surface area contributed by atoms with E-state index in [9.17, 15) is 4.79 Å². The number of rotatable bonds is 4. The molecule has 1 saturated heterocycles. The lowest BCUT2D eigenvalue weighted by Gasteiger charge is -2.31. The van der Waals surface area contributed by atoms with Crippen LogP contribution < -0.4 is 5.32 Å². The average Bonchev–Trinajstić information content (AvgIpc) is 3.38. The lowest BCUT2D eigenvalue weighted by atomic mass is 9.97. The van der Waals surface area contributed by atoms with Gasteiger partial charge in [0.1, 0.15) is 5.69 Å². The van der Waals surface area contributed by atoms with Gasteiger partial charge in [-0.1, -0.05) is 5.21 Å². The van der Waals surface area contributed by atoms with Crippen molar-refractivity contribution in [3.8, 4) is 11.3 Å². The van der Waals surface area contributed by atoms with Crippen LogP contribution in [0.15, 0.2) is 40.5 Å². The zero-order valence-electron chi connectivity index (χ0n) is 13.7. The molecule has 130 valence electrons. The van der Waals surface area contributed by atoms with Gasteiger partial charge in [-0.15, -0.1) is 16.4 Å². The van der Waals surface area contributed by atoms with Gasteiger partial charge in [-0.3, -0.25) is 10.00 Å². The second-order valence-electron chi connectivity index (χ2n) is 6.18. The molecule has 4 heterocycles. The number of aromatic nitrogens is 3. The number of piperidine rings is 1. The molecule has 1 N–H and O–H groups in total. The predicted octanol–water partition coefficient (Wildman–Crippen LogP) is 4.01. The Morgan fingerprint density at radius 2 is 2.16 bits per heavy atom. The first-order chi connectivity index (χ1) is 12.3. The molecule has 1 aliphatic heterocycles. The highest BCUT2D eigenvalue weighted by atomic mass is 32.1. The summed E-state index contributed by atoms with van der Waals surface area (Å²) in [5.41, 5.74) is 2.05. The van der Waals surface area contributed by atoms with E-state index in [-0.39, 0.29) is 6.03 Å². The van der Waals surface area contributed by atoms with Crippen LogP contribution in [0.1, 0.15) is 12.8 Å². The number of carbonyl (C=O) groups excluding carboxylic acids is 1. The minimum absolute atomic E-state index is 0.00130. The van der Waals surface area contributed by atoms with Crippen LogP contribution in [0.4, 0.5) is 9.80 Å². The molecule has 0 saturated carbocycles. The molecule has 0 unspecified atom stereocenters. The van der Waals surface area contributed by atoms with Gasteiger partial charge in [0.25, 0.3) is 0 Å². The molecule has 25 heavy (non-hydrogen) atoms. The number of carbonyl (C=O) groups is 1. The number of thiophene rings is 2. The molecule has 0 aliphatic carbocycles. The Labute approximate surface area is 154 Å². The Morgan fingerprint density at radius 1 is 1.28 bits per heavy atom. The van der Waals surface area contributed by atoms with E-state index in [0.29, 0.717) is 5.92 Å². The predicted molar refractivity (Wildman–Crippen MR) is 101 cm³/mol. The average molecular weight is 374 g/mol. The smallest absolute Gasteiger partial charge is 0.322 e. The van der Waals surface area contributed by atoms with Gasteiger partial charge in [0.05, 0.1) is 11.2 Å². The highest BCUT2D eigenvalue weighted by Crippen LogP contribution is 2.23. The van der Waals surface area contributed by atoms with E-state index in [1.807, 2.05) is 38.7 Å². The number of anilines is 1. The van der Waals surface area contributed by atoms with Crippen molar-refractivity contribution in [1.29, 1.82) is 0 Å². The van der Waals surface area contributed by atoms with Crippen molar-refractivity contribution in [1.82, 2.24) is 19.9 Å². The first kappa shape index (κ1) is 16.3. The van der Waals surface area contributed by atoms with E-state index in [2.05, 4.69) is 27.1 Å². The maximum Gasteiger partial charge on any atom is 0.322 e. The quantitative estimate of drug-likeness (QED) is 0.751. The third-order valence-corrected chi connectivity index (χ3v) is 5.92. The molecular weight excluding hydrogens is 354 g/mol. The van der Waals surface area contributed by atoms with Crippen molar-refractivity contribution >= 4 is 33.7 Å². The second kappa shape index (κ2) is 7.37. The van der Waals surface area contributed by atoms with E-state index in [4.69, 9.17) is 0 Å². The second-order valence-corrected chi connectivity index (χ2v) is 7.90. The molecule has 4 rings (SSSR count).